The molecule has 0 atom stereocenters. The zero-order chi connectivity index (χ0) is 20.6. The van der Waals surface area contributed by atoms with Gasteiger partial charge in [-0.3, -0.25) is 14.7 Å². The van der Waals surface area contributed by atoms with Gasteiger partial charge in [0.05, 0.1) is 12.2 Å². The van der Waals surface area contributed by atoms with Crippen LogP contribution in [0.5, 0.6) is 0 Å². The number of amides is 1. The summed E-state index contributed by atoms with van der Waals surface area (Å²) in [4.78, 5) is 28.0. The number of aliphatic imine (C=N–C) groups is 1. The Bertz CT molecular complexity index is 682. The number of anilines is 1. The Morgan fingerprint density at radius 2 is 1.90 bits per heavy atom. The molecule has 2 saturated heterocycles. The Hall–Kier alpha value is -1.14. The van der Waals surface area contributed by atoms with Gasteiger partial charge >= 0.3 is 0 Å². The van der Waals surface area contributed by atoms with Gasteiger partial charge in [-0.15, -0.1) is 35.3 Å². The number of nitrogens with zero attached hydrogens (tertiary/aromatic N) is 5. The van der Waals surface area contributed by atoms with E-state index in [9.17, 15) is 4.79 Å². The zero-order valence-electron chi connectivity index (χ0n) is 18.4. The smallest absolute Gasteiger partial charge is 0.234 e. The molecule has 0 saturated carbocycles. The number of guanidine groups is 1. The van der Waals surface area contributed by atoms with Crippen LogP contribution in [0, 0.1) is 0 Å². The molecule has 0 spiro atoms. The average molecular weight is 550 g/mol. The third kappa shape index (κ3) is 7.52. The number of hydrogen-bond acceptors (Lipinski definition) is 6. The van der Waals surface area contributed by atoms with Crippen LogP contribution in [0.25, 0.3) is 0 Å². The molecule has 2 aliphatic heterocycles. The number of carbonyl (C=O) groups excluding carboxylic acids is 1. The lowest BCUT2D eigenvalue weighted by Gasteiger charge is -2.36. The largest absolute Gasteiger partial charge is 0.356 e. The molecule has 0 bridgehead atoms. The van der Waals surface area contributed by atoms with Gasteiger partial charge < -0.3 is 20.4 Å². The number of piperazine rings is 1. The minimum absolute atomic E-state index is 0. The van der Waals surface area contributed by atoms with Gasteiger partial charge in [-0.1, -0.05) is 0 Å². The lowest BCUT2D eigenvalue weighted by atomic mass is 10.3. The summed E-state index contributed by atoms with van der Waals surface area (Å²) >= 11 is 1.76. The lowest BCUT2D eigenvalue weighted by molar-refractivity contribution is -0.123. The van der Waals surface area contributed by atoms with E-state index in [0.717, 1.165) is 63.9 Å². The van der Waals surface area contributed by atoms with Crippen molar-refractivity contribution < 1.29 is 4.79 Å². The molecule has 1 aromatic rings. The number of thiazole rings is 1. The van der Waals surface area contributed by atoms with E-state index in [2.05, 4.69) is 35.7 Å². The van der Waals surface area contributed by atoms with Gasteiger partial charge in [0.25, 0.3) is 0 Å². The maximum Gasteiger partial charge on any atom is 0.234 e. The summed E-state index contributed by atoms with van der Waals surface area (Å²) in [6, 6.07) is 0.191. The van der Waals surface area contributed by atoms with Crippen LogP contribution >= 0.6 is 35.3 Å². The molecule has 10 heteroatoms. The maximum atomic E-state index is 11.9. The summed E-state index contributed by atoms with van der Waals surface area (Å²) in [5.41, 5.74) is 1.15. The van der Waals surface area contributed by atoms with Gasteiger partial charge in [-0.25, -0.2) is 4.98 Å². The molecule has 0 aliphatic carbocycles. The Kier molecular flexibility index (Phi) is 10.6. The number of aromatic nitrogens is 1. The molecule has 0 aromatic carbocycles. The highest BCUT2D eigenvalue weighted by Gasteiger charge is 2.21. The molecular weight excluding hydrogens is 513 g/mol. The second-order valence-electron chi connectivity index (χ2n) is 8.02. The highest BCUT2D eigenvalue weighted by Crippen LogP contribution is 2.24. The third-order valence-electron chi connectivity index (χ3n) is 5.28. The average Bonchev–Trinajstić information content (AvgIpc) is 3.37. The molecule has 1 amide bonds. The molecule has 3 rings (SSSR count). The van der Waals surface area contributed by atoms with Crippen LogP contribution < -0.4 is 15.5 Å². The van der Waals surface area contributed by atoms with Gasteiger partial charge in [-0.2, -0.15) is 0 Å². The summed E-state index contributed by atoms with van der Waals surface area (Å²) < 4.78 is 0. The first kappa shape index (κ1) is 25.1. The lowest BCUT2D eigenvalue weighted by Crippen LogP contribution is -2.54. The topological polar surface area (TPSA) is 76.1 Å². The number of halogens is 1. The van der Waals surface area contributed by atoms with E-state index in [4.69, 9.17) is 4.98 Å². The zero-order valence-corrected chi connectivity index (χ0v) is 21.5. The normalized spacial score (nSPS) is 17.9. The van der Waals surface area contributed by atoms with Crippen LogP contribution in [-0.4, -0.2) is 92.1 Å². The van der Waals surface area contributed by atoms with E-state index < -0.39 is 0 Å². The molecule has 3 heterocycles. The van der Waals surface area contributed by atoms with E-state index in [1.165, 1.54) is 18.0 Å². The summed E-state index contributed by atoms with van der Waals surface area (Å²) in [7, 11) is 1.83. The monoisotopic (exact) mass is 549 g/mol. The predicted octanol–water partition coefficient (Wildman–Crippen LogP) is 1.62. The Balaban J connectivity index is 0.00000320. The first-order valence-corrected chi connectivity index (χ1v) is 11.6. The molecule has 0 radical (unpaired) electrons. The van der Waals surface area contributed by atoms with E-state index >= 15 is 0 Å². The fourth-order valence-corrected chi connectivity index (χ4v) is 4.70. The van der Waals surface area contributed by atoms with Gasteiger partial charge in [0.15, 0.2) is 11.1 Å². The van der Waals surface area contributed by atoms with Crippen molar-refractivity contribution in [2.24, 2.45) is 4.99 Å². The molecular formula is C20H36IN7OS. The van der Waals surface area contributed by atoms with Crippen LogP contribution in [0.1, 0.15) is 32.4 Å². The van der Waals surface area contributed by atoms with Crippen LogP contribution in [-0.2, 0) is 11.2 Å². The third-order valence-corrected chi connectivity index (χ3v) is 6.23. The van der Waals surface area contributed by atoms with Crippen molar-refractivity contribution in [3.8, 4) is 0 Å². The highest BCUT2D eigenvalue weighted by atomic mass is 127. The van der Waals surface area contributed by atoms with Crippen molar-refractivity contribution in [3.63, 3.8) is 0 Å². The molecule has 2 fully saturated rings. The van der Waals surface area contributed by atoms with Gasteiger partial charge in [0.2, 0.25) is 5.91 Å². The number of hydrogen-bond donors (Lipinski definition) is 2. The second-order valence-corrected chi connectivity index (χ2v) is 8.86. The van der Waals surface area contributed by atoms with Gasteiger partial charge in [-0.05, 0) is 26.7 Å². The molecule has 170 valence electrons. The van der Waals surface area contributed by atoms with Crippen molar-refractivity contribution in [2.45, 2.75) is 39.2 Å². The first-order valence-electron chi connectivity index (χ1n) is 10.7. The minimum atomic E-state index is 0. The Labute approximate surface area is 201 Å². The standard InChI is InChI=1S/C20H35N7OS.HI/c1-16(2)23-18(28)14-25-10-12-26(13-11-25)19(21-3)22-7-6-17-15-29-20(24-17)27-8-4-5-9-27;/h15-16H,4-14H2,1-3H3,(H,21,22)(H,23,28);1H. The number of rotatable bonds is 7. The quantitative estimate of drug-likeness (QED) is 0.306. The molecule has 1 aromatic heterocycles. The summed E-state index contributed by atoms with van der Waals surface area (Å²) in [6.07, 6.45) is 3.46. The fourth-order valence-electron chi connectivity index (χ4n) is 3.79. The van der Waals surface area contributed by atoms with Gasteiger partial charge in [0, 0.05) is 70.7 Å². The van der Waals surface area contributed by atoms with Crippen LogP contribution in [0.2, 0.25) is 0 Å². The highest BCUT2D eigenvalue weighted by molar-refractivity contribution is 14.0. The number of nitrogens with one attached hydrogen (secondary N) is 2. The van der Waals surface area contributed by atoms with E-state index in [1.54, 1.807) is 11.3 Å². The van der Waals surface area contributed by atoms with Crippen molar-refractivity contribution >= 4 is 52.3 Å². The fraction of sp³-hybridized carbons (Fsp3) is 0.750. The first-order chi connectivity index (χ1) is 14.0. The van der Waals surface area contributed by atoms with Crippen molar-refractivity contribution in [2.75, 3.05) is 64.3 Å². The maximum absolute atomic E-state index is 11.9. The summed E-state index contributed by atoms with van der Waals surface area (Å²) in [5.74, 6) is 1.04. The molecule has 2 aliphatic rings. The molecule has 0 unspecified atom stereocenters. The summed E-state index contributed by atoms with van der Waals surface area (Å²) in [6.45, 7) is 11.1. The molecule has 8 nitrogen and oxygen atoms in total. The predicted molar refractivity (Wildman–Crippen MR) is 135 cm³/mol. The van der Waals surface area contributed by atoms with Crippen LogP contribution in [0.4, 0.5) is 5.13 Å². The van der Waals surface area contributed by atoms with Crippen molar-refractivity contribution in [3.05, 3.63) is 11.1 Å². The van der Waals surface area contributed by atoms with E-state index in [0.29, 0.717) is 6.54 Å². The van der Waals surface area contributed by atoms with E-state index in [-0.39, 0.29) is 35.9 Å². The van der Waals surface area contributed by atoms with E-state index in [1.807, 2.05) is 20.9 Å². The SMILES string of the molecule is CN=C(NCCc1csc(N2CCCC2)n1)N1CCN(CC(=O)NC(C)C)CC1.I. The van der Waals surface area contributed by atoms with Gasteiger partial charge in [0.1, 0.15) is 0 Å². The molecule has 30 heavy (non-hydrogen) atoms. The Morgan fingerprint density at radius 3 is 2.53 bits per heavy atom. The second kappa shape index (κ2) is 12.7. The van der Waals surface area contributed by atoms with Crippen molar-refractivity contribution in [1.29, 1.82) is 0 Å². The Morgan fingerprint density at radius 1 is 1.20 bits per heavy atom. The van der Waals surface area contributed by atoms with Crippen molar-refractivity contribution in [1.82, 2.24) is 25.4 Å². The van der Waals surface area contributed by atoms with Crippen LogP contribution in [0.15, 0.2) is 10.4 Å². The molecule has 2 N–H and O–H groups in total. The number of carbonyl (C=O) groups is 1. The van der Waals surface area contributed by atoms with Crippen LogP contribution in [0.3, 0.4) is 0 Å². The summed E-state index contributed by atoms with van der Waals surface area (Å²) in [5, 5.41) is 9.78. The minimum Gasteiger partial charge on any atom is -0.356 e.